The van der Waals surface area contributed by atoms with E-state index in [4.69, 9.17) is 0 Å². The molecule has 2 heterocycles. The third-order valence-corrected chi connectivity index (χ3v) is 4.64. The summed E-state index contributed by atoms with van der Waals surface area (Å²) in [5.41, 5.74) is 3.80. The average molecular weight is 294 g/mol. The van der Waals surface area contributed by atoms with Gasteiger partial charge in [-0.2, -0.15) is 0 Å². The van der Waals surface area contributed by atoms with Crippen LogP contribution in [0.4, 0.5) is 4.39 Å². The topological polar surface area (TPSA) is 19.0 Å². The number of halogens is 1. The maximum atomic E-state index is 13.0. The Kier molecular flexibility index (Phi) is 3.43. The Morgan fingerprint density at radius 3 is 2.82 bits per heavy atom. The number of fused-ring (bicyclic) bond motifs is 1. The van der Waals surface area contributed by atoms with Crippen LogP contribution in [0.15, 0.2) is 54.7 Å². The number of aromatic amines is 1. The molecule has 3 heteroatoms. The molecule has 0 aliphatic carbocycles. The van der Waals surface area contributed by atoms with E-state index in [9.17, 15) is 4.39 Å². The summed E-state index contributed by atoms with van der Waals surface area (Å²) < 4.78 is 13.0. The van der Waals surface area contributed by atoms with Crippen molar-refractivity contribution in [2.45, 2.75) is 18.9 Å². The summed E-state index contributed by atoms with van der Waals surface area (Å²) in [6, 6.07) is 15.7. The first kappa shape index (κ1) is 13.5. The molecular weight excluding hydrogens is 275 g/mol. The number of hydrogen-bond acceptors (Lipinski definition) is 1. The van der Waals surface area contributed by atoms with Crippen LogP contribution in [0.2, 0.25) is 0 Å². The second kappa shape index (κ2) is 5.58. The van der Waals surface area contributed by atoms with Crippen molar-refractivity contribution in [3.05, 3.63) is 71.7 Å². The zero-order valence-electron chi connectivity index (χ0n) is 12.4. The minimum absolute atomic E-state index is 0.154. The van der Waals surface area contributed by atoms with Crippen molar-refractivity contribution in [1.29, 1.82) is 0 Å². The highest BCUT2D eigenvalue weighted by Crippen LogP contribution is 2.28. The molecule has 112 valence electrons. The molecule has 4 rings (SSSR count). The number of hydrogen-bond donors (Lipinski definition) is 1. The number of likely N-dealkylation sites (tertiary alicyclic amines) is 1. The lowest BCUT2D eigenvalue weighted by atomic mass is 9.99. The molecule has 1 aliphatic heterocycles. The normalized spacial score (nSPS) is 19.0. The molecule has 3 aromatic rings. The minimum Gasteiger partial charge on any atom is -0.361 e. The molecule has 0 unspecified atom stereocenters. The smallest absolute Gasteiger partial charge is 0.123 e. The molecule has 1 fully saturated rings. The van der Waals surface area contributed by atoms with E-state index in [1.807, 2.05) is 18.3 Å². The van der Waals surface area contributed by atoms with Gasteiger partial charge in [-0.05, 0) is 65.7 Å². The molecule has 0 spiro atoms. The van der Waals surface area contributed by atoms with Crippen LogP contribution in [0, 0.1) is 5.82 Å². The van der Waals surface area contributed by atoms with Crippen LogP contribution in [-0.4, -0.2) is 23.0 Å². The Bertz CT molecular complexity index is 775. The van der Waals surface area contributed by atoms with Crippen molar-refractivity contribution >= 4 is 10.9 Å². The Morgan fingerprint density at radius 2 is 1.95 bits per heavy atom. The van der Waals surface area contributed by atoms with E-state index in [-0.39, 0.29) is 5.82 Å². The van der Waals surface area contributed by atoms with Gasteiger partial charge in [0, 0.05) is 24.8 Å². The Balaban J connectivity index is 1.45. The van der Waals surface area contributed by atoms with Gasteiger partial charge < -0.3 is 4.98 Å². The first-order valence-corrected chi connectivity index (χ1v) is 7.82. The van der Waals surface area contributed by atoms with Crippen LogP contribution in [0.3, 0.4) is 0 Å². The predicted octanol–water partition coefficient (Wildman–Crippen LogP) is 4.30. The summed E-state index contributed by atoms with van der Waals surface area (Å²) in [4.78, 5) is 5.72. The summed E-state index contributed by atoms with van der Waals surface area (Å²) in [7, 11) is 0. The van der Waals surface area contributed by atoms with Gasteiger partial charge in [0.1, 0.15) is 5.82 Å². The molecule has 0 radical (unpaired) electrons. The predicted molar refractivity (Wildman–Crippen MR) is 87.3 cm³/mol. The monoisotopic (exact) mass is 294 g/mol. The number of benzene rings is 2. The Hall–Kier alpha value is -2.13. The fraction of sp³-hybridized carbons (Fsp3) is 0.263. The molecule has 1 N–H and O–H groups in total. The summed E-state index contributed by atoms with van der Waals surface area (Å²) in [5, 5.41) is 1.27. The van der Waals surface area contributed by atoms with E-state index in [1.165, 1.54) is 22.0 Å². The number of H-pyrrole nitrogens is 1. The number of aromatic nitrogens is 1. The highest BCUT2D eigenvalue weighted by atomic mass is 19.1. The van der Waals surface area contributed by atoms with Crippen molar-refractivity contribution in [2.75, 3.05) is 13.1 Å². The third-order valence-electron chi connectivity index (χ3n) is 4.64. The summed E-state index contributed by atoms with van der Waals surface area (Å²) in [6.07, 6.45) is 3.13. The lowest BCUT2D eigenvalue weighted by Gasteiger charge is -2.16. The van der Waals surface area contributed by atoms with Gasteiger partial charge in [0.15, 0.2) is 0 Å². The minimum atomic E-state index is -0.154. The lowest BCUT2D eigenvalue weighted by molar-refractivity contribution is 0.327. The van der Waals surface area contributed by atoms with Crippen LogP contribution in [0.1, 0.15) is 23.5 Å². The maximum Gasteiger partial charge on any atom is 0.123 e. The second-order valence-electron chi connectivity index (χ2n) is 6.17. The lowest BCUT2D eigenvalue weighted by Crippen LogP contribution is -2.19. The summed E-state index contributed by atoms with van der Waals surface area (Å²) in [5.74, 6) is 0.370. The Labute approximate surface area is 129 Å². The quantitative estimate of drug-likeness (QED) is 0.763. The highest BCUT2D eigenvalue weighted by molar-refractivity contribution is 5.79. The van der Waals surface area contributed by atoms with Gasteiger partial charge in [-0.3, -0.25) is 4.90 Å². The molecule has 1 aliphatic rings. The fourth-order valence-electron chi connectivity index (χ4n) is 3.44. The van der Waals surface area contributed by atoms with Gasteiger partial charge in [-0.15, -0.1) is 0 Å². The van der Waals surface area contributed by atoms with Crippen LogP contribution in [0.5, 0.6) is 0 Å². The number of nitrogens with one attached hydrogen (secondary N) is 1. The van der Waals surface area contributed by atoms with E-state index in [1.54, 1.807) is 12.1 Å². The zero-order chi connectivity index (χ0) is 14.9. The molecule has 0 amide bonds. The average Bonchev–Trinajstić information content (AvgIpc) is 3.17. The fourth-order valence-corrected chi connectivity index (χ4v) is 3.44. The van der Waals surface area contributed by atoms with E-state index >= 15 is 0 Å². The highest BCUT2D eigenvalue weighted by Gasteiger charge is 2.23. The van der Waals surface area contributed by atoms with Crippen molar-refractivity contribution < 1.29 is 4.39 Å². The van der Waals surface area contributed by atoms with Crippen molar-refractivity contribution in [2.24, 2.45) is 0 Å². The molecular formula is C19H19FN2. The molecule has 2 aromatic carbocycles. The maximum absolute atomic E-state index is 13.0. The van der Waals surface area contributed by atoms with Crippen LogP contribution in [0.25, 0.3) is 10.9 Å². The molecule has 1 aromatic heterocycles. The van der Waals surface area contributed by atoms with Gasteiger partial charge in [0.25, 0.3) is 0 Å². The standard InChI is InChI=1S/C19H19FN2/c20-18-4-2-15(3-5-18)17-8-10-22(13-17)12-14-1-6-19-16(11-14)7-9-21-19/h1-7,9,11,17,21H,8,10,12-13H2/t17-/m1/s1. The molecule has 0 saturated carbocycles. The molecule has 1 saturated heterocycles. The van der Waals surface area contributed by atoms with Crippen LogP contribution >= 0.6 is 0 Å². The van der Waals surface area contributed by atoms with Crippen LogP contribution in [-0.2, 0) is 6.54 Å². The van der Waals surface area contributed by atoms with Gasteiger partial charge >= 0.3 is 0 Å². The SMILES string of the molecule is Fc1ccc([C@@H]2CCN(Cc3ccc4[nH]ccc4c3)C2)cc1. The summed E-state index contributed by atoms with van der Waals surface area (Å²) >= 11 is 0. The van der Waals surface area contributed by atoms with E-state index in [0.29, 0.717) is 5.92 Å². The van der Waals surface area contributed by atoms with Gasteiger partial charge in [-0.1, -0.05) is 18.2 Å². The van der Waals surface area contributed by atoms with E-state index in [2.05, 4.69) is 34.1 Å². The largest absolute Gasteiger partial charge is 0.361 e. The van der Waals surface area contributed by atoms with Crippen molar-refractivity contribution in [1.82, 2.24) is 9.88 Å². The molecule has 0 bridgehead atoms. The van der Waals surface area contributed by atoms with Gasteiger partial charge in [-0.25, -0.2) is 4.39 Å². The zero-order valence-corrected chi connectivity index (χ0v) is 12.4. The molecule has 2 nitrogen and oxygen atoms in total. The first-order valence-electron chi connectivity index (χ1n) is 7.82. The van der Waals surface area contributed by atoms with Crippen LogP contribution < -0.4 is 0 Å². The summed E-state index contributed by atoms with van der Waals surface area (Å²) in [6.45, 7) is 3.14. The Morgan fingerprint density at radius 1 is 1.09 bits per heavy atom. The third kappa shape index (κ3) is 2.64. The van der Waals surface area contributed by atoms with Gasteiger partial charge in [0.2, 0.25) is 0 Å². The molecule has 1 atom stereocenters. The first-order chi connectivity index (χ1) is 10.8. The van der Waals surface area contributed by atoms with Crippen molar-refractivity contribution in [3.63, 3.8) is 0 Å². The van der Waals surface area contributed by atoms with Crippen molar-refractivity contribution in [3.8, 4) is 0 Å². The van der Waals surface area contributed by atoms with Gasteiger partial charge in [0.05, 0.1) is 0 Å². The van der Waals surface area contributed by atoms with E-state index in [0.717, 1.165) is 26.1 Å². The molecule has 22 heavy (non-hydrogen) atoms. The number of nitrogens with zero attached hydrogens (tertiary/aromatic N) is 1. The second-order valence-corrected chi connectivity index (χ2v) is 6.17. The van der Waals surface area contributed by atoms with E-state index < -0.39 is 0 Å². The number of rotatable bonds is 3.